The van der Waals surface area contributed by atoms with E-state index in [-0.39, 0.29) is 31.0 Å². The molecule has 0 aliphatic carbocycles. The van der Waals surface area contributed by atoms with Gasteiger partial charge in [-0.15, -0.1) is 0 Å². The van der Waals surface area contributed by atoms with Crippen molar-refractivity contribution in [3.8, 4) is 17.2 Å². The van der Waals surface area contributed by atoms with Crippen molar-refractivity contribution in [3.63, 3.8) is 0 Å². The van der Waals surface area contributed by atoms with Crippen molar-refractivity contribution in [3.05, 3.63) is 70.4 Å². The van der Waals surface area contributed by atoms with Crippen LogP contribution >= 0.6 is 0 Å². The van der Waals surface area contributed by atoms with Gasteiger partial charge in [-0.1, -0.05) is 30.3 Å². The van der Waals surface area contributed by atoms with Gasteiger partial charge in [0.15, 0.2) is 11.5 Å². The fraction of sp³-hybridized carbons (Fsp3) is 0.250. The highest BCUT2D eigenvalue weighted by molar-refractivity contribution is 5.76. The molecular weight excluding hydrogens is 360 g/mol. The van der Waals surface area contributed by atoms with Gasteiger partial charge in [0.05, 0.1) is 11.7 Å². The quantitative estimate of drug-likeness (QED) is 0.731. The van der Waals surface area contributed by atoms with E-state index in [1.54, 1.807) is 25.1 Å². The molecule has 3 aromatic rings. The summed E-state index contributed by atoms with van der Waals surface area (Å²) in [5, 5.41) is 7.12. The van der Waals surface area contributed by atoms with Crippen molar-refractivity contribution < 1.29 is 14.3 Å². The van der Waals surface area contributed by atoms with Gasteiger partial charge in [0, 0.05) is 6.07 Å². The van der Waals surface area contributed by atoms with Crippen LogP contribution in [0.3, 0.4) is 0 Å². The fourth-order valence-corrected chi connectivity index (χ4v) is 3.19. The molecule has 2 aromatic carbocycles. The average molecular weight is 380 g/mol. The molecule has 4 rings (SSSR count). The van der Waals surface area contributed by atoms with E-state index in [4.69, 9.17) is 9.47 Å². The van der Waals surface area contributed by atoms with Crippen LogP contribution in [0.2, 0.25) is 0 Å². The van der Waals surface area contributed by atoms with Crippen molar-refractivity contribution in [1.29, 1.82) is 0 Å². The molecule has 1 aliphatic rings. The fourth-order valence-electron chi connectivity index (χ4n) is 3.19. The van der Waals surface area contributed by atoms with Gasteiger partial charge in [-0.25, -0.2) is 14.0 Å². The van der Waals surface area contributed by atoms with Gasteiger partial charge in [0.25, 0.3) is 0 Å². The standard InChI is InChI=1S/C20H20N4O4/c1-13(15-6-4-3-5-7-15)21-19(25)11-23-20(26)24(14(2)22-23)16-8-9-17-18(10-16)28-12-27-17/h3-10,13H,11-12H2,1-2H3,(H,21,25)/t13-/m1/s1. The van der Waals surface area contributed by atoms with E-state index in [1.165, 1.54) is 4.57 Å². The zero-order valence-corrected chi connectivity index (χ0v) is 15.6. The monoisotopic (exact) mass is 380 g/mol. The number of carbonyl (C=O) groups is 1. The van der Waals surface area contributed by atoms with Gasteiger partial charge in [0.1, 0.15) is 12.4 Å². The molecule has 144 valence electrons. The molecule has 0 spiro atoms. The maximum absolute atomic E-state index is 12.8. The molecule has 28 heavy (non-hydrogen) atoms. The first-order valence-corrected chi connectivity index (χ1v) is 8.94. The highest BCUT2D eigenvalue weighted by Crippen LogP contribution is 2.33. The summed E-state index contributed by atoms with van der Waals surface area (Å²) in [6.07, 6.45) is 0. The Morgan fingerprint density at radius 3 is 2.71 bits per heavy atom. The number of aryl methyl sites for hydroxylation is 1. The second-order valence-electron chi connectivity index (χ2n) is 6.56. The Labute approximate surface area is 161 Å². The lowest BCUT2D eigenvalue weighted by molar-refractivity contribution is -0.122. The predicted octanol–water partition coefficient (Wildman–Crippen LogP) is 1.95. The minimum atomic E-state index is -0.390. The van der Waals surface area contributed by atoms with E-state index in [9.17, 15) is 9.59 Å². The third kappa shape index (κ3) is 3.36. The number of benzene rings is 2. The van der Waals surface area contributed by atoms with Crippen LogP contribution in [0.25, 0.3) is 5.69 Å². The SMILES string of the molecule is Cc1nn(CC(=O)N[C@H](C)c2ccccc2)c(=O)n1-c1ccc2c(c1)OCO2. The van der Waals surface area contributed by atoms with E-state index < -0.39 is 0 Å². The Balaban J connectivity index is 1.53. The van der Waals surface area contributed by atoms with Crippen LogP contribution in [-0.2, 0) is 11.3 Å². The molecule has 1 amide bonds. The molecule has 1 atom stereocenters. The third-order valence-corrected chi connectivity index (χ3v) is 4.59. The molecule has 0 bridgehead atoms. The maximum Gasteiger partial charge on any atom is 0.351 e. The lowest BCUT2D eigenvalue weighted by Crippen LogP contribution is -2.34. The Kier molecular flexibility index (Phi) is 4.60. The van der Waals surface area contributed by atoms with E-state index in [0.29, 0.717) is 23.0 Å². The molecule has 2 heterocycles. The summed E-state index contributed by atoms with van der Waals surface area (Å²) in [7, 11) is 0. The molecule has 0 saturated carbocycles. The molecule has 0 unspecified atom stereocenters. The number of hydrogen-bond donors (Lipinski definition) is 1. The molecule has 1 aliphatic heterocycles. The average Bonchev–Trinajstić information content (AvgIpc) is 3.26. The second-order valence-corrected chi connectivity index (χ2v) is 6.56. The normalized spacial score (nSPS) is 13.4. The van der Waals surface area contributed by atoms with Gasteiger partial charge in [-0.3, -0.25) is 4.79 Å². The minimum Gasteiger partial charge on any atom is -0.454 e. The number of nitrogens with zero attached hydrogens (tertiary/aromatic N) is 3. The number of ether oxygens (including phenoxy) is 2. The largest absolute Gasteiger partial charge is 0.454 e. The van der Waals surface area contributed by atoms with Gasteiger partial charge in [-0.05, 0) is 31.5 Å². The molecule has 8 nitrogen and oxygen atoms in total. The van der Waals surface area contributed by atoms with Crippen molar-refractivity contribution in [2.45, 2.75) is 26.4 Å². The lowest BCUT2D eigenvalue weighted by Gasteiger charge is -2.13. The first kappa shape index (κ1) is 17.8. The molecule has 0 fully saturated rings. The first-order chi connectivity index (χ1) is 13.5. The molecule has 0 saturated heterocycles. The Morgan fingerprint density at radius 1 is 1.18 bits per heavy atom. The number of aromatic nitrogens is 3. The number of nitrogens with one attached hydrogen (secondary N) is 1. The Hall–Kier alpha value is -3.55. The first-order valence-electron chi connectivity index (χ1n) is 8.94. The van der Waals surface area contributed by atoms with E-state index in [2.05, 4.69) is 10.4 Å². The van der Waals surface area contributed by atoms with Crippen LogP contribution in [0.4, 0.5) is 0 Å². The van der Waals surface area contributed by atoms with Gasteiger partial charge in [0.2, 0.25) is 12.7 Å². The van der Waals surface area contributed by atoms with Gasteiger partial charge < -0.3 is 14.8 Å². The molecule has 1 aromatic heterocycles. The van der Waals surface area contributed by atoms with Crippen molar-refractivity contribution in [2.24, 2.45) is 0 Å². The topological polar surface area (TPSA) is 87.4 Å². The van der Waals surface area contributed by atoms with Crippen LogP contribution < -0.4 is 20.5 Å². The minimum absolute atomic E-state index is 0.158. The summed E-state index contributed by atoms with van der Waals surface area (Å²) >= 11 is 0. The van der Waals surface area contributed by atoms with Crippen LogP contribution in [0.1, 0.15) is 24.4 Å². The molecule has 0 radical (unpaired) electrons. The van der Waals surface area contributed by atoms with Crippen molar-refractivity contribution >= 4 is 5.91 Å². The zero-order valence-electron chi connectivity index (χ0n) is 15.6. The van der Waals surface area contributed by atoms with Crippen molar-refractivity contribution in [2.75, 3.05) is 6.79 Å². The number of fused-ring (bicyclic) bond motifs is 1. The Bertz CT molecular complexity index is 1070. The number of rotatable bonds is 5. The molecular formula is C20H20N4O4. The highest BCUT2D eigenvalue weighted by atomic mass is 16.7. The summed E-state index contributed by atoms with van der Waals surface area (Å²) in [5.41, 5.74) is 1.21. The highest BCUT2D eigenvalue weighted by Gasteiger charge is 2.19. The maximum atomic E-state index is 12.8. The summed E-state index contributed by atoms with van der Waals surface area (Å²) < 4.78 is 13.3. The van der Waals surface area contributed by atoms with Crippen LogP contribution in [0, 0.1) is 6.92 Å². The number of amides is 1. The van der Waals surface area contributed by atoms with E-state index in [0.717, 1.165) is 10.2 Å². The van der Waals surface area contributed by atoms with Gasteiger partial charge in [-0.2, -0.15) is 5.10 Å². The summed E-state index contributed by atoms with van der Waals surface area (Å²) in [5.74, 6) is 1.41. The van der Waals surface area contributed by atoms with Gasteiger partial charge >= 0.3 is 5.69 Å². The Morgan fingerprint density at radius 2 is 1.93 bits per heavy atom. The summed E-state index contributed by atoms with van der Waals surface area (Å²) in [4.78, 5) is 25.2. The zero-order chi connectivity index (χ0) is 19.7. The number of carbonyl (C=O) groups excluding carboxylic acids is 1. The van der Waals surface area contributed by atoms with E-state index >= 15 is 0 Å². The summed E-state index contributed by atoms with van der Waals surface area (Å²) in [6, 6.07) is 14.7. The van der Waals surface area contributed by atoms with Crippen LogP contribution in [0.15, 0.2) is 53.3 Å². The second kappa shape index (κ2) is 7.22. The third-order valence-electron chi connectivity index (χ3n) is 4.59. The molecule has 1 N–H and O–H groups in total. The van der Waals surface area contributed by atoms with Crippen molar-refractivity contribution in [1.82, 2.24) is 19.7 Å². The molecule has 8 heteroatoms. The van der Waals surface area contributed by atoms with Crippen LogP contribution in [0.5, 0.6) is 11.5 Å². The smallest absolute Gasteiger partial charge is 0.351 e. The lowest BCUT2D eigenvalue weighted by atomic mass is 10.1. The van der Waals surface area contributed by atoms with E-state index in [1.807, 2.05) is 37.3 Å². The predicted molar refractivity (Wildman–Crippen MR) is 102 cm³/mol. The number of hydrogen-bond acceptors (Lipinski definition) is 5. The van der Waals surface area contributed by atoms with Crippen LogP contribution in [-0.4, -0.2) is 27.0 Å². The summed E-state index contributed by atoms with van der Waals surface area (Å²) in [6.45, 7) is 3.61.